The molecule has 2 N–H and O–H groups in total. The maximum atomic E-state index is 12.4. The van der Waals surface area contributed by atoms with Gasteiger partial charge in [-0.25, -0.2) is 10.4 Å². The normalized spacial score (nSPS) is 10.7. The maximum absolute atomic E-state index is 12.4. The van der Waals surface area contributed by atoms with E-state index in [2.05, 4.69) is 36.4 Å². The lowest BCUT2D eigenvalue weighted by molar-refractivity contribution is 0.306. The molecule has 0 aliphatic carbocycles. The van der Waals surface area contributed by atoms with Gasteiger partial charge in [0.15, 0.2) is 0 Å². The lowest BCUT2D eigenvalue weighted by atomic mass is 10.1. The molecule has 9 heteroatoms. The van der Waals surface area contributed by atoms with E-state index >= 15 is 0 Å². The molecule has 1 heterocycles. The smallest absolute Gasteiger partial charge is 0.270 e. The van der Waals surface area contributed by atoms with Gasteiger partial charge in [-0.1, -0.05) is 76.1 Å². The van der Waals surface area contributed by atoms with Crippen LogP contribution in [0.15, 0.2) is 87.2 Å². The average molecular weight is 535 g/mol. The topological polar surface area (TPSA) is 103 Å². The Bertz CT molecular complexity index is 1450. The monoisotopic (exact) mass is 533 g/mol. The third kappa shape index (κ3) is 5.52. The summed E-state index contributed by atoms with van der Waals surface area (Å²) in [4.78, 5) is 19.3. The van der Waals surface area contributed by atoms with Gasteiger partial charge in [0.2, 0.25) is 5.95 Å². The highest BCUT2D eigenvalue weighted by Gasteiger charge is 2.13. The van der Waals surface area contributed by atoms with Crippen LogP contribution < -0.4 is 15.7 Å². The summed E-state index contributed by atoms with van der Waals surface area (Å²) in [5, 5.41) is 14.2. The van der Waals surface area contributed by atoms with Crippen molar-refractivity contribution in [2.24, 2.45) is 5.10 Å². The number of hydrazone groups is 1. The number of hydrogen-bond donors (Lipinski definition) is 2. The number of anilines is 1. The predicted molar refractivity (Wildman–Crippen MR) is 136 cm³/mol. The van der Waals surface area contributed by atoms with Crippen molar-refractivity contribution in [2.75, 3.05) is 5.43 Å². The zero-order chi connectivity index (χ0) is 23.9. The van der Waals surface area contributed by atoms with Crippen molar-refractivity contribution in [3.8, 4) is 23.1 Å². The van der Waals surface area contributed by atoms with Crippen LogP contribution >= 0.6 is 27.5 Å². The number of halogens is 2. The number of hydrogen-bond acceptors (Lipinski definition) is 6. The standard InChI is InChI=1S/C25H17BrClN5O2/c26-19-10-11-22(34-15-17-8-4-5-9-21(17)27)18(12-19)14-29-32-25-30-23(16-6-2-1-3-7-16)20(13-28)24(33)31-25/h1-12,14H,15H2,(H2,30,31,32,33). The van der Waals surface area contributed by atoms with Gasteiger partial charge in [-0.2, -0.15) is 10.4 Å². The number of aromatic amines is 1. The third-order valence-corrected chi connectivity index (χ3v) is 5.63. The Morgan fingerprint density at radius 1 is 1.15 bits per heavy atom. The molecule has 1 aromatic heterocycles. The molecule has 168 valence electrons. The lowest BCUT2D eigenvalue weighted by Crippen LogP contribution is -2.16. The van der Waals surface area contributed by atoms with Gasteiger partial charge >= 0.3 is 0 Å². The zero-order valence-corrected chi connectivity index (χ0v) is 20.0. The van der Waals surface area contributed by atoms with Gasteiger partial charge in [-0.05, 0) is 24.3 Å². The number of H-pyrrole nitrogens is 1. The summed E-state index contributed by atoms with van der Waals surface area (Å²) in [6.07, 6.45) is 1.55. The molecule has 0 unspecified atom stereocenters. The van der Waals surface area contributed by atoms with E-state index in [0.717, 1.165) is 10.0 Å². The van der Waals surface area contributed by atoms with Gasteiger partial charge in [0.25, 0.3) is 5.56 Å². The Morgan fingerprint density at radius 3 is 2.68 bits per heavy atom. The molecule has 0 amide bonds. The van der Waals surface area contributed by atoms with E-state index in [1.54, 1.807) is 18.3 Å². The number of nitrogens with zero attached hydrogens (tertiary/aromatic N) is 3. The highest BCUT2D eigenvalue weighted by atomic mass is 79.9. The van der Waals surface area contributed by atoms with Gasteiger partial charge in [-0.3, -0.25) is 9.78 Å². The average Bonchev–Trinajstić information content (AvgIpc) is 2.84. The van der Waals surface area contributed by atoms with Crippen LogP contribution in [0.1, 0.15) is 16.7 Å². The fourth-order valence-corrected chi connectivity index (χ4v) is 3.69. The van der Waals surface area contributed by atoms with Gasteiger partial charge in [0.1, 0.15) is 24.0 Å². The molecular weight excluding hydrogens is 518 g/mol. The molecule has 7 nitrogen and oxygen atoms in total. The summed E-state index contributed by atoms with van der Waals surface area (Å²) in [6, 6.07) is 23.9. The fourth-order valence-electron chi connectivity index (χ4n) is 3.12. The molecule has 0 aliphatic rings. The van der Waals surface area contributed by atoms with Crippen LogP contribution in [-0.2, 0) is 6.61 Å². The van der Waals surface area contributed by atoms with Crippen molar-refractivity contribution < 1.29 is 4.74 Å². The molecule has 0 spiro atoms. The van der Waals surface area contributed by atoms with Crippen LogP contribution in [0.2, 0.25) is 5.02 Å². The molecule has 3 aromatic carbocycles. The molecular formula is C25H17BrClN5O2. The van der Waals surface area contributed by atoms with E-state index in [1.807, 2.05) is 66.7 Å². The quantitative estimate of drug-likeness (QED) is 0.232. The second-order valence-electron chi connectivity index (χ2n) is 7.05. The minimum Gasteiger partial charge on any atom is -0.488 e. The van der Waals surface area contributed by atoms with E-state index in [-0.39, 0.29) is 17.2 Å². The van der Waals surface area contributed by atoms with Gasteiger partial charge in [-0.15, -0.1) is 0 Å². The van der Waals surface area contributed by atoms with E-state index < -0.39 is 5.56 Å². The summed E-state index contributed by atoms with van der Waals surface area (Å²) in [5.41, 5.74) is 4.58. The first kappa shape index (κ1) is 23.2. The van der Waals surface area contributed by atoms with Crippen molar-refractivity contribution in [1.29, 1.82) is 5.26 Å². The molecule has 0 fully saturated rings. The van der Waals surface area contributed by atoms with Crippen LogP contribution in [0, 0.1) is 11.3 Å². The second-order valence-corrected chi connectivity index (χ2v) is 8.37. The molecule has 0 bridgehead atoms. The summed E-state index contributed by atoms with van der Waals surface area (Å²) >= 11 is 9.67. The Balaban J connectivity index is 1.56. The van der Waals surface area contributed by atoms with Crippen LogP contribution in [0.3, 0.4) is 0 Å². The summed E-state index contributed by atoms with van der Waals surface area (Å²) < 4.78 is 6.80. The predicted octanol–water partition coefficient (Wildman–Crippen LogP) is 5.75. The first-order valence-corrected chi connectivity index (χ1v) is 11.3. The molecule has 0 saturated carbocycles. The maximum Gasteiger partial charge on any atom is 0.270 e. The highest BCUT2D eigenvalue weighted by molar-refractivity contribution is 9.10. The number of nitriles is 1. The van der Waals surface area contributed by atoms with Crippen molar-refractivity contribution in [3.63, 3.8) is 0 Å². The summed E-state index contributed by atoms with van der Waals surface area (Å²) in [6.45, 7) is 0.292. The highest BCUT2D eigenvalue weighted by Crippen LogP contribution is 2.25. The zero-order valence-electron chi connectivity index (χ0n) is 17.6. The largest absolute Gasteiger partial charge is 0.488 e. The molecule has 0 atom stereocenters. The first-order chi connectivity index (χ1) is 16.5. The Hall–Kier alpha value is -3.93. The fraction of sp³-hybridized carbons (Fsp3) is 0.0400. The van der Waals surface area contributed by atoms with E-state index in [1.165, 1.54) is 0 Å². The van der Waals surface area contributed by atoms with Gasteiger partial charge in [0, 0.05) is 26.2 Å². The molecule has 0 saturated heterocycles. The minimum atomic E-state index is -0.555. The first-order valence-electron chi connectivity index (χ1n) is 10.1. The van der Waals surface area contributed by atoms with Crippen LogP contribution in [0.5, 0.6) is 5.75 Å². The van der Waals surface area contributed by atoms with E-state index in [0.29, 0.717) is 28.5 Å². The van der Waals surface area contributed by atoms with Crippen molar-refractivity contribution in [3.05, 3.63) is 109 Å². The number of nitrogens with one attached hydrogen (secondary N) is 2. The van der Waals surface area contributed by atoms with Crippen molar-refractivity contribution in [2.45, 2.75) is 6.61 Å². The number of benzene rings is 3. The van der Waals surface area contributed by atoms with Crippen LogP contribution in [-0.4, -0.2) is 16.2 Å². The summed E-state index contributed by atoms with van der Waals surface area (Å²) in [5.74, 6) is 0.701. The Kier molecular flexibility index (Phi) is 7.38. The Morgan fingerprint density at radius 2 is 1.91 bits per heavy atom. The van der Waals surface area contributed by atoms with Crippen molar-refractivity contribution in [1.82, 2.24) is 9.97 Å². The number of ether oxygens (including phenoxy) is 1. The van der Waals surface area contributed by atoms with Crippen LogP contribution in [0.25, 0.3) is 11.3 Å². The Labute approximate surface area is 208 Å². The molecule has 4 aromatic rings. The lowest BCUT2D eigenvalue weighted by Gasteiger charge is -2.11. The molecule has 0 aliphatic heterocycles. The second kappa shape index (κ2) is 10.8. The van der Waals surface area contributed by atoms with Crippen molar-refractivity contribution >= 4 is 39.7 Å². The number of aromatic nitrogens is 2. The molecule has 4 rings (SSSR count). The van der Waals surface area contributed by atoms with E-state index in [4.69, 9.17) is 16.3 Å². The third-order valence-electron chi connectivity index (χ3n) is 4.77. The van der Waals surface area contributed by atoms with E-state index in [9.17, 15) is 10.1 Å². The SMILES string of the molecule is N#Cc1c(-c2ccccc2)nc(NN=Cc2cc(Br)ccc2OCc2ccccc2Cl)[nH]c1=O. The van der Waals surface area contributed by atoms with Gasteiger partial charge < -0.3 is 4.74 Å². The minimum absolute atomic E-state index is 0.0667. The molecule has 0 radical (unpaired) electrons. The molecule has 34 heavy (non-hydrogen) atoms. The summed E-state index contributed by atoms with van der Waals surface area (Å²) in [7, 11) is 0. The van der Waals surface area contributed by atoms with Crippen LogP contribution in [0.4, 0.5) is 5.95 Å². The van der Waals surface area contributed by atoms with Gasteiger partial charge in [0.05, 0.1) is 11.9 Å². The number of rotatable bonds is 7.